The molecule has 6 nitrogen and oxygen atoms in total. The van der Waals surface area contributed by atoms with Crippen molar-refractivity contribution in [3.05, 3.63) is 36.2 Å². The van der Waals surface area contributed by atoms with E-state index in [1.54, 1.807) is 10.9 Å². The number of rotatable bonds is 5. The summed E-state index contributed by atoms with van der Waals surface area (Å²) in [6.07, 6.45) is 4.62. The zero-order chi connectivity index (χ0) is 14.5. The molecule has 0 amide bonds. The van der Waals surface area contributed by atoms with Gasteiger partial charge in [-0.15, -0.1) is 0 Å². The van der Waals surface area contributed by atoms with Crippen molar-refractivity contribution in [1.29, 1.82) is 0 Å². The molecule has 0 saturated heterocycles. The fourth-order valence-electron chi connectivity index (χ4n) is 2.20. The number of aromatic nitrogens is 2. The first-order valence-corrected chi connectivity index (χ1v) is 7.11. The van der Waals surface area contributed by atoms with E-state index in [4.69, 9.17) is 14.6 Å². The van der Waals surface area contributed by atoms with E-state index in [0.29, 0.717) is 26.3 Å². The van der Waals surface area contributed by atoms with Crippen molar-refractivity contribution in [2.45, 2.75) is 19.5 Å². The van der Waals surface area contributed by atoms with Gasteiger partial charge in [-0.05, 0) is 12.1 Å². The van der Waals surface area contributed by atoms with Crippen LogP contribution in [0.2, 0.25) is 0 Å². The molecule has 0 saturated carbocycles. The molecule has 0 radical (unpaired) electrons. The number of anilines is 1. The predicted octanol–water partition coefficient (Wildman–Crippen LogP) is 1.65. The summed E-state index contributed by atoms with van der Waals surface area (Å²) in [7, 11) is 0. The summed E-state index contributed by atoms with van der Waals surface area (Å²) in [5.41, 5.74) is 2.05. The molecular weight excluding hydrogens is 270 g/mol. The molecule has 1 aromatic carbocycles. The fraction of sp³-hybridized carbons (Fsp3) is 0.400. The van der Waals surface area contributed by atoms with Gasteiger partial charge >= 0.3 is 0 Å². The van der Waals surface area contributed by atoms with Gasteiger partial charge in [0.1, 0.15) is 0 Å². The molecular formula is C15H19N3O3. The van der Waals surface area contributed by atoms with Gasteiger partial charge in [-0.3, -0.25) is 4.68 Å². The second-order valence-corrected chi connectivity index (χ2v) is 4.90. The van der Waals surface area contributed by atoms with Crippen molar-refractivity contribution in [1.82, 2.24) is 9.78 Å². The summed E-state index contributed by atoms with van der Waals surface area (Å²) in [5, 5.41) is 16.4. The lowest BCUT2D eigenvalue weighted by Gasteiger charge is -2.10. The minimum atomic E-state index is 0.0940. The highest BCUT2D eigenvalue weighted by Crippen LogP contribution is 2.32. The molecule has 21 heavy (non-hydrogen) atoms. The van der Waals surface area contributed by atoms with Crippen LogP contribution in [0, 0.1) is 0 Å². The number of hydrogen-bond acceptors (Lipinski definition) is 5. The van der Waals surface area contributed by atoms with Crippen LogP contribution in [0.3, 0.4) is 0 Å². The molecule has 3 rings (SSSR count). The van der Waals surface area contributed by atoms with Crippen molar-refractivity contribution < 1.29 is 14.6 Å². The van der Waals surface area contributed by atoms with Crippen LogP contribution in [0.1, 0.15) is 12.0 Å². The Morgan fingerprint density at radius 3 is 2.95 bits per heavy atom. The molecule has 1 aliphatic heterocycles. The predicted molar refractivity (Wildman–Crippen MR) is 78.7 cm³/mol. The van der Waals surface area contributed by atoms with Crippen molar-refractivity contribution in [2.75, 3.05) is 25.1 Å². The Bertz CT molecular complexity index is 598. The zero-order valence-electron chi connectivity index (χ0n) is 11.8. The fourth-order valence-corrected chi connectivity index (χ4v) is 2.20. The number of nitrogens with one attached hydrogen (secondary N) is 1. The van der Waals surface area contributed by atoms with Gasteiger partial charge in [0, 0.05) is 36.5 Å². The van der Waals surface area contributed by atoms with Crippen LogP contribution in [0.5, 0.6) is 11.5 Å². The molecule has 0 spiro atoms. The molecule has 0 aliphatic carbocycles. The summed E-state index contributed by atoms with van der Waals surface area (Å²) in [4.78, 5) is 0. The quantitative estimate of drug-likeness (QED) is 0.876. The van der Waals surface area contributed by atoms with Crippen molar-refractivity contribution in [2.24, 2.45) is 0 Å². The SMILES string of the molecule is OCCn1cc(CNc2ccc3c(c2)OCCCO3)cn1. The van der Waals surface area contributed by atoms with Crippen molar-refractivity contribution in [3.63, 3.8) is 0 Å². The lowest BCUT2D eigenvalue weighted by atomic mass is 10.2. The Morgan fingerprint density at radius 2 is 2.10 bits per heavy atom. The van der Waals surface area contributed by atoms with Crippen molar-refractivity contribution in [3.8, 4) is 11.5 Å². The van der Waals surface area contributed by atoms with E-state index in [9.17, 15) is 0 Å². The minimum Gasteiger partial charge on any atom is -0.490 e. The van der Waals surface area contributed by atoms with E-state index in [1.807, 2.05) is 24.4 Å². The Morgan fingerprint density at radius 1 is 1.24 bits per heavy atom. The number of aliphatic hydroxyl groups is 1. The molecule has 6 heteroatoms. The van der Waals surface area contributed by atoms with Gasteiger partial charge in [0.15, 0.2) is 11.5 Å². The third kappa shape index (κ3) is 3.46. The molecule has 2 aromatic rings. The summed E-state index contributed by atoms with van der Waals surface area (Å²) in [6, 6.07) is 5.86. The third-order valence-corrected chi connectivity index (χ3v) is 3.26. The van der Waals surface area contributed by atoms with Gasteiger partial charge in [0.05, 0.1) is 32.6 Å². The van der Waals surface area contributed by atoms with E-state index in [0.717, 1.165) is 29.2 Å². The summed E-state index contributed by atoms with van der Waals surface area (Å²) in [5.74, 6) is 1.59. The van der Waals surface area contributed by atoms with E-state index < -0.39 is 0 Å². The average Bonchev–Trinajstić information content (AvgIpc) is 2.81. The number of benzene rings is 1. The Labute approximate surface area is 123 Å². The highest BCUT2D eigenvalue weighted by molar-refractivity contribution is 5.55. The number of aliphatic hydroxyl groups excluding tert-OH is 1. The van der Waals surface area contributed by atoms with Gasteiger partial charge in [0.25, 0.3) is 0 Å². The van der Waals surface area contributed by atoms with Crippen LogP contribution in [-0.2, 0) is 13.1 Å². The van der Waals surface area contributed by atoms with Gasteiger partial charge < -0.3 is 19.9 Å². The van der Waals surface area contributed by atoms with E-state index >= 15 is 0 Å². The van der Waals surface area contributed by atoms with Crippen molar-refractivity contribution >= 4 is 5.69 Å². The summed E-state index contributed by atoms with van der Waals surface area (Å²) in [6.45, 7) is 2.67. The topological polar surface area (TPSA) is 68.5 Å². The highest BCUT2D eigenvalue weighted by atomic mass is 16.5. The van der Waals surface area contributed by atoms with E-state index in [2.05, 4.69) is 10.4 Å². The van der Waals surface area contributed by atoms with Gasteiger partial charge in [0.2, 0.25) is 0 Å². The number of fused-ring (bicyclic) bond motifs is 1. The summed E-state index contributed by atoms with van der Waals surface area (Å²) >= 11 is 0. The lowest BCUT2D eigenvalue weighted by Crippen LogP contribution is -2.02. The smallest absolute Gasteiger partial charge is 0.163 e. The van der Waals surface area contributed by atoms with Crippen LogP contribution in [0.4, 0.5) is 5.69 Å². The van der Waals surface area contributed by atoms with Gasteiger partial charge in [-0.25, -0.2) is 0 Å². The molecule has 0 bridgehead atoms. The first-order chi connectivity index (χ1) is 10.3. The minimum absolute atomic E-state index is 0.0940. The Hall–Kier alpha value is -2.21. The van der Waals surface area contributed by atoms with E-state index in [1.165, 1.54) is 0 Å². The normalized spacial score (nSPS) is 13.8. The number of ether oxygens (including phenoxy) is 2. The molecule has 112 valence electrons. The highest BCUT2D eigenvalue weighted by Gasteiger charge is 2.10. The van der Waals surface area contributed by atoms with Gasteiger partial charge in [-0.2, -0.15) is 5.10 Å². The molecule has 0 fully saturated rings. The Balaban J connectivity index is 1.63. The maximum atomic E-state index is 8.87. The summed E-state index contributed by atoms with van der Waals surface area (Å²) < 4.78 is 13.0. The molecule has 1 aromatic heterocycles. The van der Waals surface area contributed by atoms with Crippen LogP contribution >= 0.6 is 0 Å². The first-order valence-electron chi connectivity index (χ1n) is 7.11. The molecule has 2 heterocycles. The molecule has 2 N–H and O–H groups in total. The maximum Gasteiger partial charge on any atom is 0.163 e. The van der Waals surface area contributed by atoms with Crippen LogP contribution in [0.15, 0.2) is 30.6 Å². The van der Waals surface area contributed by atoms with Crippen LogP contribution < -0.4 is 14.8 Å². The molecule has 1 aliphatic rings. The largest absolute Gasteiger partial charge is 0.490 e. The molecule has 0 unspecified atom stereocenters. The lowest BCUT2D eigenvalue weighted by molar-refractivity contribution is 0.269. The van der Waals surface area contributed by atoms with E-state index in [-0.39, 0.29) is 6.61 Å². The number of nitrogens with zero attached hydrogens (tertiary/aromatic N) is 2. The number of hydrogen-bond donors (Lipinski definition) is 2. The van der Waals surface area contributed by atoms with Crippen LogP contribution in [0.25, 0.3) is 0 Å². The zero-order valence-corrected chi connectivity index (χ0v) is 11.8. The average molecular weight is 289 g/mol. The first kappa shape index (κ1) is 13.8. The maximum absolute atomic E-state index is 8.87. The van der Waals surface area contributed by atoms with Crippen LogP contribution in [-0.4, -0.2) is 34.7 Å². The monoisotopic (exact) mass is 289 g/mol. The standard InChI is InChI=1S/C15H19N3O3/c19-5-4-18-11-12(10-17-18)9-16-13-2-3-14-15(8-13)21-7-1-6-20-14/h2-3,8,10-11,16,19H,1,4-7,9H2. The third-order valence-electron chi connectivity index (χ3n) is 3.26. The molecule has 0 atom stereocenters. The second kappa shape index (κ2) is 6.49. The van der Waals surface area contributed by atoms with Gasteiger partial charge in [-0.1, -0.05) is 0 Å². The second-order valence-electron chi connectivity index (χ2n) is 4.90. The Kier molecular flexibility index (Phi) is 4.25.